The first kappa shape index (κ1) is 34.0. The molecule has 0 rings (SSSR count). The van der Waals surface area contributed by atoms with Gasteiger partial charge in [0.05, 0.1) is 55.4 Å². The van der Waals surface area contributed by atoms with Crippen molar-refractivity contribution in [3.63, 3.8) is 0 Å². The van der Waals surface area contributed by atoms with Gasteiger partial charge >= 0.3 is 0 Å². The van der Waals surface area contributed by atoms with Gasteiger partial charge in [-0.15, -0.1) is 0 Å². The van der Waals surface area contributed by atoms with Gasteiger partial charge in [0.1, 0.15) is 0 Å². The lowest BCUT2D eigenvalue weighted by atomic mass is 10.0. The van der Waals surface area contributed by atoms with Crippen molar-refractivity contribution >= 4 is 0 Å². The van der Waals surface area contributed by atoms with E-state index in [0.29, 0.717) is 0 Å². The summed E-state index contributed by atoms with van der Waals surface area (Å²) in [5.41, 5.74) is 0. The van der Waals surface area contributed by atoms with Crippen LogP contribution in [0.5, 0.6) is 0 Å². The number of unbranched alkanes of at least 4 members (excludes halogenated alkanes) is 15. The molecule has 0 aliphatic carbocycles. The Labute approximate surface area is 213 Å². The molecule has 28 heavy (non-hydrogen) atoms. The van der Waals surface area contributed by atoms with Crippen molar-refractivity contribution in [2.75, 3.05) is 55.4 Å². The predicted octanol–water partition coefficient (Wildman–Crippen LogP) is 0.648. The summed E-state index contributed by atoms with van der Waals surface area (Å²) in [6.07, 6.45) is 23.3. The highest BCUT2D eigenvalue weighted by atomic mass is 127. The van der Waals surface area contributed by atoms with Gasteiger partial charge in [-0.05, 0) is 25.7 Å². The molecule has 0 aliphatic heterocycles. The van der Waals surface area contributed by atoms with Crippen LogP contribution in [0.3, 0.4) is 0 Å². The van der Waals surface area contributed by atoms with Gasteiger partial charge in [-0.2, -0.15) is 0 Å². The predicted molar refractivity (Wildman–Crippen MR) is 120 cm³/mol. The van der Waals surface area contributed by atoms with Crippen LogP contribution >= 0.6 is 0 Å². The molecule has 0 aromatic heterocycles. The van der Waals surface area contributed by atoms with E-state index >= 15 is 0 Å². The van der Waals surface area contributed by atoms with E-state index in [2.05, 4.69) is 42.3 Å². The molecule has 174 valence electrons. The largest absolute Gasteiger partial charge is 1.00 e. The second kappa shape index (κ2) is 21.6. The Bertz CT molecular complexity index is 266. The number of nitrogens with zero attached hydrogens (tertiary/aromatic N) is 2. The van der Waals surface area contributed by atoms with Crippen LogP contribution < -0.4 is 48.0 Å². The van der Waals surface area contributed by atoms with Gasteiger partial charge in [0.2, 0.25) is 0 Å². The molecule has 2 nitrogen and oxygen atoms in total. The highest BCUT2D eigenvalue weighted by Crippen LogP contribution is 2.14. The van der Waals surface area contributed by atoms with Crippen LogP contribution in [-0.2, 0) is 0 Å². The third-order valence-corrected chi connectivity index (χ3v) is 5.41. The summed E-state index contributed by atoms with van der Waals surface area (Å²) < 4.78 is 2.24. The van der Waals surface area contributed by atoms with E-state index < -0.39 is 0 Å². The maximum atomic E-state index is 2.30. The van der Waals surface area contributed by atoms with E-state index in [1.54, 1.807) is 0 Å². The first-order chi connectivity index (χ1) is 12.2. The Hall–Kier alpha value is 1.38. The van der Waals surface area contributed by atoms with Crippen LogP contribution in [0.25, 0.3) is 0 Å². The Kier molecular flexibility index (Phi) is 26.2. The molecule has 0 aliphatic rings. The monoisotopic (exact) mass is 624 g/mol. The molecule has 0 aromatic rings. The Morgan fingerprint density at radius 3 is 0.571 bits per heavy atom. The number of hydrogen-bond donors (Lipinski definition) is 0. The Morgan fingerprint density at radius 1 is 0.286 bits per heavy atom. The average Bonchev–Trinajstić information content (AvgIpc) is 2.51. The summed E-state index contributed by atoms with van der Waals surface area (Å²) in [5.74, 6) is 0. The van der Waals surface area contributed by atoms with Crippen LogP contribution in [-0.4, -0.2) is 64.3 Å². The molecule has 0 saturated heterocycles. The SMILES string of the molecule is C[N+](C)(C)CCCCCCCCCCCCCCCCCC[N+](C)(C)C.[I-].[I-]. The Morgan fingerprint density at radius 2 is 0.429 bits per heavy atom. The molecule has 0 fully saturated rings. The zero-order chi connectivity index (χ0) is 19.7. The highest BCUT2D eigenvalue weighted by molar-refractivity contribution is 4.50. The minimum absolute atomic E-state index is 0. The highest BCUT2D eigenvalue weighted by Gasteiger charge is 2.05. The van der Waals surface area contributed by atoms with Crippen molar-refractivity contribution in [3.8, 4) is 0 Å². The lowest BCUT2D eigenvalue weighted by molar-refractivity contribution is -0.870. The lowest BCUT2D eigenvalue weighted by Gasteiger charge is -2.23. The third kappa shape index (κ3) is 32.1. The van der Waals surface area contributed by atoms with Gasteiger partial charge in [-0.25, -0.2) is 0 Å². The summed E-state index contributed by atoms with van der Waals surface area (Å²) in [6.45, 7) is 2.66. The molecule has 0 atom stereocenters. The fraction of sp³-hybridized carbons (Fsp3) is 1.00. The molecule has 0 N–H and O–H groups in total. The third-order valence-electron chi connectivity index (χ3n) is 5.41. The van der Waals surface area contributed by atoms with Crippen molar-refractivity contribution < 1.29 is 56.9 Å². The van der Waals surface area contributed by atoms with Gasteiger partial charge in [-0.1, -0.05) is 77.0 Å². The molecule has 0 unspecified atom stereocenters. The summed E-state index contributed by atoms with van der Waals surface area (Å²) in [6, 6.07) is 0. The molecular weight excluding hydrogens is 570 g/mol. The lowest BCUT2D eigenvalue weighted by Crippen LogP contribution is -3.00. The van der Waals surface area contributed by atoms with E-state index in [4.69, 9.17) is 0 Å². The van der Waals surface area contributed by atoms with E-state index in [-0.39, 0.29) is 48.0 Å². The van der Waals surface area contributed by atoms with Gasteiger partial charge in [-0.3, -0.25) is 0 Å². The first-order valence-electron chi connectivity index (χ1n) is 11.8. The summed E-state index contributed by atoms with van der Waals surface area (Å²) in [4.78, 5) is 0. The van der Waals surface area contributed by atoms with Crippen molar-refractivity contribution in [3.05, 3.63) is 0 Å². The van der Waals surface area contributed by atoms with E-state index in [0.717, 1.165) is 8.97 Å². The summed E-state index contributed by atoms with van der Waals surface area (Å²) in [5, 5.41) is 0. The number of rotatable bonds is 19. The van der Waals surface area contributed by atoms with Crippen LogP contribution in [0.4, 0.5) is 0 Å². The zero-order valence-corrected chi connectivity index (χ0v) is 24.7. The molecule has 0 spiro atoms. The molecule has 4 heteroatoms. The van der Waals surface area contributed by atoms with Crippen molar-refractivity contribution in [1.29, 1.82) is 0 Å². The number of quaternary nitrogens is 2. The van der Waals surface area contributed by atoms with E-state index in [9.17, 15) is 0 Å². The molecule has 0 aromatic carbocycles. The molecule has 0 amide bonds. The number of hydrogen-bond acceptors (Lipinski definition) is 0. The van der Waals surface area contributed by atoms with E-state index in [1.165, 1.54) is 116 Å². The summed E-state index contributed by atoms with van der Waals surface area (Å²) in [7, 11) is 13.8. The standard InChI is InChI=1S/C24H54N2.2HI/c1-25(2,3)23-21-19-17-15-13-11-9-7-8-10-12-14-16-18-20-22-24-26(4,5)6;;/h7-24H2,1-6H3;2*1H/q+2;;/p-2. The average molecular weight is 625 g/mol. The van der Waals surface area contributed by atoms with Crippen LogP contribution in [0, 0.1) is 0 Å². The van der Waals surface area contributed by atoms with Gasteiger partial charge < -0.3 is 56.9 Å². The molecule has 0 radical (unpaired) electrons. The molecule has 0 heterocycles. The second-order valence-corrected chi connectivity index (χ2v) is 10.7. The minimum atomic E-state index is 0. The summed E-state index contributed by atoms with van der Waals surface area (Å²) >= 11 is 0. The van der Waals surface area contributed by atoms with Gasteiger partial charge in [0.15, 0.2) is 0 Å². The normalized spacial score (nSPS) is 11.8. The van der Waals surface area contributed by atoms with Gasteiger partial charge in [0.25, 0.3) is 0 Å². The minimum Gasteiger partial charge on any atom is -1.00 e. The van der Waals surface area contributed by atoms with Crippen LogP contribution in [0.2, 0.25) is 0 Å². The smallest absolute Gasteiger partial charge is 0.0780 e. The van der Waals surface area contributed by atoms with E-state index in [1.807, 2.05) is 0 Å². The molecule has 0 bridgehead atoms. The zero-order valence-electron chi connectivity index (χ0n) is 20.4. The fourth-order valence-electron chi connectivity index (χ4n) is 3.65. The topological polar surface area (TPSA) is 0 Å². The molecular formula is C24H54I2N2. The first-order valence-corrected chi connectivity index (χ1v) is 11.8. The molecule has 0 saturated carbocycles. The van der Waals surface area contributed by atoms with Crippen LogP contribution in [0.1, 0.15) is 103 Å². The quantitative estimate of drug-likeness (QED) is 0.113. The number of halogens is 2. The maximum Gasteiger partial charge on any atom is 0.0780 e. The van der Waals surface area contributed by atoms with Gasteiger partial charge in [0, 0.05) is 0 Å². The Balaban J connectivity index is -0.00000312. The second-order valence-electron chi connectivity index (χ2n) is 10.7. The fourth-order valence-corrected chi connectivity index (χ4v) is 3.65. The van der Waals surface area contributed by atoms with Crippen molar-refractivity contribution in [1.82, 2.24) is 0 Å². The van der Waals surface area contributed by atoms with Crippen LogP contribution in [0.15, 0.2) is 0 Å². The van der Waals surface area contributed by atoms with Crippen molar-refractivity contribution in [2.24, 2.45) is 0 Å². The van der Waals surface area contributed by atoms with Crippen molar-refractivity contribution in [2.45, 2.75) is 103 Å². The maximum absolute atomic E-state index is 2.30.